The molecule has 2 amide bonds. The minimum absolute atomic E-state index is 0.0382. The van der Waals surface area contributed by atoms with Crippen molar-refractivity contribution < 1.29 is 19.1 Å². The highest BCUT2D eigenvalue weighted by atomic mass is 16.5. The summed E-state index contributed by atoms with van der Waals surface area (Å²) in [4.78, 5) is 38.7. The van der Waals surface area contributed by atoms with Crippen LogP contribution in [0.25, 0.3) is 10.8 Å². The van der Waals surface area contributed by atoms with Crippen molar-refractivity contribution in [2.45, 2.75) is 56.5 Å². The number of methoxy groups -OCH3 is 1. The predicted molar refractivity (Wildman–Crippen MR) is 114 cm³/mol. The van der Waals surface area contributed by atoms with Crippen molar-refractivity contribution >= 4 is 28.6 Å². The molecule has 6 nitrogen and oxygen atoms in total. The molecule has 0 radical (unpaired) electrons. The average molecular weight is 408 g/mol. The van der Waals surface area contributed by atoms with Crippen molar-refractivity contribution in [3.05, 3.63) is 48.0 Å². The van der Waals surface area contributed by atoms with Crippen LogP contribution in [0.5, 0.6) is 0 Å². The Bertz CT molecular complexity index is 967. The smallest absolute Gasteiger partial charge is 0.328 e. The van der Waals surface area contributed by atoms with Crippen molar-refractivity contribution in [2.24, 2.45) is 0 Å². The number of fused-ring (bicyclic) bond motifs is 1. The van der Waals surface area contributed by atoms with E-state index in [4.69, 9.17) is 4.74 Å². The van der Waals surface area contributed by atoms with Gasteiger partial charge in [0.15, 0.2) is 0 Å². The number of carbonyl (C=O) groups is 3. The molecule has 0 aliphatic carbocycles. The lowest BCUT2D eigenvalue weighted by molar-refractivity contribution is -0.151. The summed E-state index contributed by atoms with van der Waals surface area (Å²) in [5, 5.41) is 5.52. The molecule has 2 aliphatic heterocycles. The highest BCUT2D eigenvalue weighted by Crippen LogP contribution is 2.33. The number of benzene rings is 2. The minimum atomic E-state index is -0.477. The molecule has 2 aromatic rings. The lowest BCUT2D eigenvalue weighted by Gasteiger charge is -2.31. The molecule has 0 aromatic heterocycles. The molecule has 2 saturated heterocycles. The maximum Gasteiger partial charge on any atom is 0.328 e. The molecular weight excluding hydrogens is 380 g/mol. The summed E-state index contributed by atoms with van der Waals surface area (Å²) >= 11 is 0. The van der Waals surface area contributed by atoms with Crippen LogP contribution in [0.15, 0.2) is 42.5 Å². The average Bonchev–Trinajstić information content (AvgIpc) is 3.39. The second kappa shape index (κ2) is 8.46. The number of likely N-dealkylation sites (tertiary alicyclic amines) is 1. The number of esters is 1. The molecule has 6 heteroatoms. The maximum atomic E-state index is 12.9. The van der Waals surface area contributed by atoms with E-state index < -0.39 is 11.6 Å². The Morgan fingerprint density at radius 3 is 2.77 bits per heavy atom. The lowest BCUT2D eigenvalue weighted by Crippen LogP contribution is -2.46. The van der Waals surface area contributed by atoms with Gasteiger partial charge in [-0.25, -0.2) is 4.79 Å². The fraction of sp³-hybridized carbons (Fsp3) is 0.458. The van der Waals surface area contributed by atoms with Gasteiger partial charge < -0.3 is 15.0 Å². The number of amides is 2. The van der Waals surface area contributed by atoms with E-state index in [2.05, 4.69) is 29.6 Å². The van der Waals surface area contributed by atoms with Crippen LogP contribution in [0.4, 0.5) is 0 Å². The minimum Gasteiger partial charge on any atom is -0.467 e. The lowest BCUT2D eigenvalue weighted by atomic mass is 9.83. The number of hydrogen-bond acceptors (Lipinski definition) is 4. The summed E-state index contributed by atoms with van der Waals surface area (Å²) in [6.07, 6.45) is 4.20. The Morgan fingerprint density at radius 2 is 2.00 bits per heavy atom. The molecule has 0 spiro atoms. The van der Waals surface area contributed by atoms with Crippen molar-refractivity contribution in [1.29, 1.82) is 0 Å². The summed E-state index contributed by atoms with van der Waals surface area (Å²) in [6.45, 7) is 0.585. The van der Waals surface area contributed by atoms with Gasteiger partial charge in [-0.1, -0.05) is 42.5 Å². The van der Waals surface area contributed by atoms with E-state index in [9.17, 15) is 14.4 Å². The van der Waals surface area contributed by atoms with Crippen molar-refractivity contribution in [3.63, 3.8) is 0 Å². The normalized spacial score (nSPS) is 23.6. The van der Waals surface area contributed by atoms with E-state index in [1.807, 2.05) is 18.2 Å². The van der Waals surface area contributed by atoms with Gasteiger partial charge in [0, 0.05) is 24.9 Å². The van der Waals surface area contributed by atoms with Gasteiger partial charge in [-0.15, -0.1) is 0 Å². The Kier molecular flexibility index (Phi) is 5.75. The van der Waals surface area contributed by atoms with E-state index >= 15 is 0 Å². The van der Waals surface area contributed by atoms with Crippen LogP contribution in [-0.2, 0) is 25.5 Å². The maximum absolute atomic E-state index is 12.9. The SMILES string of the molecule is COC(=O)[C@@H]1CCCN1C(=O)CC[C@@]1(Cc2cccc3ccccc23)CCC(=O)N1. The van der Waals surface area contributed by atoms with E-state index in [0.717, 1.165) is 6.42 Å². The summed E-state index contributed by atoms with van der Waals surface area (Å²) in [7, 11) is 1.36. The third-order valence-corrected chi connectivity index (χ3v) is 6.51. The van der Waals surface area contributed by atoms with Crippen molar-refractivity contribution in [1.82, 2.24) is 10.2 Å². The number of ether oxygens (including phenoxy) is 1. The number of rotatable bonds is 6. The molecular formula is C24H28N2O4. The van der Waals surface area contributed by atoms with Gasteiger partial charge in [0.05, 0.1) is 7.11 Å². The molecule has 0 bridgehead atoms. The first-order chi connectivity index (χ1) is 14.5. The number of hydrogen-bond donors (Lipinski definition) is 1. The van der Waals surface area contributed by atoms with Gasteiger partial charge in [-0.2, -0.15) is 0 Å². The molecule has 2 heterocycles. The standard InChI is InChI=1S/C24H28N2O4/c1-30-23(29)20-10-5-15-26(20)22(28)12-14-24(13-11-21(27)25-24)16-18-8-4-7-17-6-2-3-9-19(17)18/h2-4,6-9,20H,5,10-16H2,1H3,(H,25,27)/t20-,24+/m0/s1. The summed E-state index contributed by atoms with van der Waals surface area (Å²) in [6, 6.07) is 14.0. The molecule has 30 heavy (non-hydrogen) atoms. The molecule has 2 fully saturated rings. The van der Waals surface area contributed by atoms with Gasteiger partial charge in [0.25, 0.3) is 0 Å². The molecule has 1 N–H and O–H groups in total. The molecule has 4 rings (SSSR count). The van der Waals surface area contributed by atoms with Crippen molar-refractivity contribution in [2.75, 3.05) is 13.7 Å². The molecule has 0 saturated carbocycles. The van der Waals surface area contributed by atoms with Gasteiger partial charge in [0.2, 0.25) is 11.8 Å². The van der Waals surface area contributed by atoms with Gasteiger partial charge >= 0.3 is 5.97 Å². The Morgan fingerprint density at radius 1 is 1.20 bits per heavy atom. The zero-order valence-electron chi connectivity index (χ0n) is 17.4. The van der Waals surface area contributed by atoms with E-state index in [-0.39, 0.29) is 17.8 Å². The molecule has 158 valence electrons. The summed E-state index contributed by atoms with van der Waals surface area (Å²) in [5.41, 5.74) is 0.744. The fourth-order valence-electron chi connectivity index (χ4n) is 4.93. The zero-order valence-corrected chi connectivity index (χ0v) is 17.4. The van der Waals surface area contributed by atoms with E-state index in [1.54, 1.807) is 4.90 Å². The van der Waals surface area contributed by atoms with Gasteiger partial charge in [-0.05, 0) is 48.4 Å². The van der Waals surface area contributed by atoms with Crippen LogP contribution in [-0.4, -0.2) is 47.9 Å². The van der Waals surface area contributed by atoms with Crippen LogP contribution in [0.3, 0.4) is 0 Å². The molecule has 2 aliphatic rings. The van der Waals surface area contributed by atoms with E-state index in [1.165, 1.54) is 23.4 Å². The quantitative estimate of drug-likeness (QED) is 0.746. The second-order valence-electron chi connectivity index (χ2n) is 8.41. The van der Waals surface area contributed by atoms with Crippen molar-refractivity contribution in [3.8, 4) is 0 Å². The highest BCUT2D eigenvalue weighted by Gasteiger charge is 2.40. The van der Waals surface area contributed by atoms with Crippen LogP contribution < -0.4 is 5.32 Å². The van der Waals surface area contributed by atoms with Crippen LogP contribution in [0.2, 0.25) is 0 Å². The Balaban J connectivity index is 1.51. The largest absolute Gasteiger partial charge is 0.467 e. The Labute approximate surface area is 176 Å². The fourth-order valence-corrected chi connectivity index (χ4v) is 4.93. The summed E-state index contributed by atoms with van der Waals surface area (Å²) in [5.74, 6) is -0.349. The highest BCUT2D eigenvalue weighted by molar-refractivity contribution is 5.87. The summed E-state index contributed by atoms with van der Waals surface area (Å²) < 4.78 is 4.86. The molecule has 2 atom stereocenters. The Hall–Kier alpha value is -2.89. The monoisotopic (exact) mass is 408 g/mol. The topological polar surface area (TPSA) is 75.7 Å². The van der Waals surface area contributed by atoms with Crippen LogP contribution in [0, 0.1) is 0 Å². The molecule has 2 aromatic carbocycles. The predicted octanol–water partition coefficient (Wildman–Crippen LogP) is 2.98. The first kappa shape index (κ1) is 20.4. The van der Waals surface area contributed by atoms with Crippen LogP contribution in [0.1, 0.15) is 44.1 Å². The molecule has 0 unspecified atom stereocenters. The van der Waals surface area contributed by atoms with Gasteiger partial charge in [0.1, 0.15) is 6.04 Å². The second-order valence-corrected chi connectivity index (χ2v) is 8.41. The number of nitrogens with one attached hydrogen (secondary N) is 1. The zero-order chi connectivity index (χ0) is 21.1. The number of carbonyl (C=O) groups excluding carboxylic acids is 3. The van der Waals surface area contributed by atoms with E-state index in [0.29, 0.717) is 45.1 Å². The third kappa shape index (κ3) is 4.04. The first-order valence-electron chi connectivity index (χ1n) is 10.7. The van der Waals surface area contributed by atoms with Gasteiger partial charge in [-0.3, -0.25) is 9.59 Å². The van der Waals surface area contributed by atoms with Crippen LogP contribution >= 0.6 is 0 Å². The third-order valence-electron chi connectivity index (χ3n) is 6.51. The number of nitrogens with zero attached hydrogens (tertiary/aromatic N) is 1. The first-order valence-corrected chi connectivity index (χ1v) is 10.7.